The van der Waals surface area contributed by atoms with Crippen LogP contribution in [0, 0.1) is 0 Å². The van der Waals surface area contributed by atoms with E-state index >= 15 is 0 Å². The molecule has 2 aromatic rings. The summed E-state index contributed by atoms with van der Waals surface area (Å²) >= 11 is 1.44. The Bertz CT molecular complexity index is 839. The maximum absolute atomic E-state index is 12.2. The molecule has 0 aliphatic carbocycles. The number of hydrogen-bond acceptors (Lipinski definition) is 5. The summed E-state index contributed by atoms with van der Waals surface area (Å²) in [6, 6.07) is 6.86. The number of aromatic nitrogens is 1. The van der Waals surface area contributed by atoms with Gasteiger partial charge in [-0.2, -0.15) is 0 Å². The van der Waals surface area contributed by atoms with Crippen molar-refractivity contribution in [3.63, 3.8) is 0 Å². The first-order valence-electron chi connectivity index (χ1n) is 7.43. The van der Waals surface area contributed by atoms with E-state index in [9.17, 15) is 9.59 Å². The van der Waals surface area contributed by atoms with Crippen molar-refractivity contribution in [3.05, 3.63) is 57.6 Å². The van der Waals surface area contributed by atoms with E-state index in [0.717, 1.165) is 22.6 Å². The number of rotatable bonds is 5. The Morgan fingerprint density at radius 2 is 2.21 bits per heavy atom. The van der Waals surface area contributed by atoms with E-state index in [4.69, 9.17) is 5.73 Å². The maximum Gasteiger partial charge on any atom is 0.271 e. The molecule has 7 heteroatoms. The normalized spacial score (nSPS) is 13.4. The second kappa shape index (κ2) is 7.18. The first kappa shape index (κ1) is 16.1. The molecule has 3 rings (SSSR count). The van der Waals surface area contributed by atoms with Gasteiger partial charge in [-0.15, -0.1) is 11.3 Å². The Morgan fingerprint density at radius 3 is 2.96 bits per heavy atom. The second-order valence-corrected chi connectivity index (χ2v) is 6.13. The third-order valence-electron chi connectivity index (χ3n) is 3.54. The highest BCUT2D eigenvalue weighted by molar-refractivity contribution is 7.11. The van der Waals surface area contributed by atoms with Gasteiger partial charge < -0.3 is 11.1 Å². The van der Waals surface area contributed by atoms with Gasteiger partial charge in [0.2, 0.25) is 5.91 Å². The molecular formula is C17H16N4O2S. The fourth-order valence-corrected chi connectivity index (χ4v) is 3.12. The summed E-state index contributed by atoms with van der Waals surface area (Å²) in [7, 11) is 0. The number of nitrogens with two attached hydrogens (primary N) is 1. The van der Waals surface area contributed by atoms with Crippen molar-refractivity contribution in [2.24, 2.45) is 10.7 Å². The molecule has 0 unspecified atom stereocenters. The zero-order chi connectivity index (χ0) is 16.9. The number of nitrogens with one attached hydrogen (secondary N) is 1. The van der Waals surface area contributed by atoms with Crippen molar-refractivity contribution in [2.75, 3.05) is 6.54 Å². The molecule has 3 N–H and O–H groups in total. The van der Waals surface area contributed by atoms with E-state index in [1.807, 2.05) is 12.3 Å². The first-order chi connectivity index (χ1) is 11.6. The highest BCUT2D eigenvalue weighted by Gasteiger charge is 2.14. The lowest BCUT2D eigenvalue weighted by Crippen LogP contribution is -2.23. The lowest BCUT2D eigenvalue weighted by atomic mass is 10.1. The monoisotopic (exact) mass is 340 g/mol. The SMILES string of the molecule is NC(=O)c1cccc(CNC(=O)c2csc(C3=CCC=NC3)n2)c1. The lowest BCUT2D eigenvalue weighted by molar-refractivity contribution is 0.0946. The van der Waals surface area contributed by atoms with Gasteiger partial charge in [-0.1, -0.05) is 18.2 Å². The van der Waals surface area contributed by atoms with Crippen LogP contribution in [0.3, 0.4) is 0 Å². The van der Waals surface area contributed by atoms with Crippen molar-refractivity contribution < 1.29 is 9.59 Å². The Balaban J connectivity index is 1.63. The van der Waals surface area contributed by atoms with Crippen LogP contribution in [0.2, 0.25) is 0 Å². The van der Waals surface area contributed by atoms with Gasteiger partial charge in [-0.05, 0) is 17.7 Å². The number of carbonyl (C=O) groups is 2. The number of carbonyl (C=O) groups excluding carboxylic acids is 2. The van der Waals surface area contributed by atoms with E-state index in [2.05, 4.69) is 21.4 Å². The Kier molecular flexibility index (Phi) is 4.81. The number of primary amides is 1. The summed E-state index contributed by atoms with van der Waals surface area (Å²) < 4.78 is 0. The van der Waals surface area contributed by atoms with Crippen LogP contribution in [-0.4, -0.2) is 29.6 Å². The van der Waals surface area contributed by atoms with E-state index in [1.165, 1.54) is 11.3 Å². The largest absolute Gasteiger partial charge is 0.366 e. The zero-order valence-electron chi connectivity index (χ0n) is 12.9. The van der Waals surface area contributed by atoms with Crippen LogP contribution in [0.1, 0.15) is 37.8 Å². The van der Waals surface area contributed by atoms with Gasteiger partial charge in [0, 0.05) is 35.7 Å². The van der Waals surface area contributed by atoms with Crippen LogP contribution >= 0.6 is 11.3 Å². The van der Waals surface area contributed by atoms with E-state index < -0.39 is 5.91 Å². The third kappa shape index (κ3) is 3.75. The minimum atomic E-state index is -0.490. The molecule has 122 valence electrons. The molecule has 1 aromatic heterocycles. The first-order valence-corrected chi connectivity index (χ1v) is 8.31. The van der Waals surface area contributed by atoms with Crippen molar-refractivity contribution in [3.8, 4) is 0 Å². The van der Waals surface area contributed by atoms with E-state index in [1.54, 1.807) is 23.6 Å². The van der Waals surface area contributed by atoms with Crippen LogP contribution in [0.15, 0.2) is 40.7 Å². The predicted molar refractivity (Wildman–Crippen MR) is 94.2 cm³/mol. The highest BCUT2D eigenvalue weighted by atomic mass is 32.1. The van der Waals surface area contributed by atoms with Crippen LogP contribution in [0.5, 0.6) is 0 Å². The number of thiazole rings is 1. The van der Waals surface area contributed by atoms with Gasteiger partial charge in [0.1, 0.15) is 10.7 Å². The summed E-state index contributed by atoms with van der Waals surface area (Å²) in [6.45, 7) is 0.911. The molecule has 2 amide bonds. The number of hydrogen-bond donors (Lipinski definition) is 2. The van der Waals surface area contributed by atoms with Gasteiger partial charge in [-0.3, -0.25) is 14.6 Å². The van der Waals surface area contributed by atoms with Crippen LogP contribution in [0.4, 0.5) is 0 Å². The summed E-state index contributed by atoms with van der Waals surface area (Å²) in [6.07, 6.45) is 4.74. The minimum absolute atomic E-state index is 0.248. The Morgan fingerprint density at radius 1 is 1.33 bits per heavy atom. The molecule has 0 saturated heterocycles. The van der Waals surface area contributed by atoms with E-state index in [0.29, 0.717) is 24.3 Å². The van der Waals surface area contributed by atoms with Gasteiger partial charge in [0.05, 0.1) is 6.54 Å². The quantitative estimate of drug-likeness (QED) is 0.871. The molecule has 24 heavy (non-hydrogen) atoms. The number of nitrogens with zero attached hydrogens (tertiary/aromatic N) is 2. The van der Waals surface area contributed by atoms with Crippen molar-refractivity contribution >= 4 is 34.9 Å². The smallest absolute Gasteiger partial charge is 0.271 e. The maximum atomic E-state index is 12.2. The number of allylic oxidation sites excluding steroid dienone is 1. The lowest BCUT2D eigenvalue weighted by Gasteiger charge is -2.05. The summed E-state index contributed by atoms with van der Waals surface area (Å²) in [5.41, 5.74) is 7.91. The Hall–Kier alpha value is -2.80. The number of dihydropyridines is 1. The van der Waals surface area contributed by atoms with Crippen molar-refractivity contribution in [1.29, 1.82) is 0 Å². The molecule has 0 saturated carbocycles. The van der Waals surface area contributed by atoms with Crippen LogP contribution in [0.25, 0.3) is 5.57 Å². The molecular weight excluding hydrogens is 324 g/mol. The minimum Gasteiger partial charge on any atom is -0.366 e. The second-order valence-electron chi connectivity index (χ2n) is 5.27. The molecule has 0 spiro atoms. The van der Waals surface area contributed by atoms with E-state index in [-0.39, 0.29) is 5.91 Å². The number of benzene rings is 1. The molecule has 0 fully saturated rings. The zero-order valence-corrected chi connectivity index (χ0v) is 13.7. The molecule has 0 bridgehead atoms. The molecule has 1 aliphatic rings. The van der Waals surface area contributed by atoms with Gasteiger partial charge in [-0.25, -0.2) is 4.98 Å². The fraction of sp³-hybridized carbons (Fsp3) is 0.176. The standard InChI is InChI=1S/C17H16N4O2S/c18-15(22)12-4-1-3-11(7-12)8-20-16(23)14-10-24-17(21-14)13-5-2-6-19-9-13/h1,3-7,10H,2,8-9H2,(H2,18,22)(H,20,23). The average molecular weight is 340 g/mol. The Labute approximate surface area is 143 Å². The third-order valence-corrected chi connectivity index (χ3v) is 4.45. The summed E-state index contributed by atoms with van der Waals surface area (Å²) in [5.74, 6) is -0.738. The van der Waals surface area contributed by atoms with Gasteiger partial charge in [0.25, 0.3) is 5.91 Å². The van der Waals surface area contributed by atoms with Gasteiger partial charge >= 0.3 is 0 Å². The predicted octanol–water partition coefficient (Wildman–Crippen LogP) is 2.03. The highest BCUT2D eigenvalue weighted by Crippen LogP contribution is 2.22. The summed E-state index contributed by atoms with van der Waals surface area (Å²) in [4.78, 5) is 32.0. The fourth-order valence-electron chi connectivity index (χ4n) is 2.28. The van der Waals surface area contributed by atoms with Gasteiger partial charge in [0.15, 0.2) is 0 Å². The van der Waals surface area contributed by atoms with Crippen molar-refractivity contribution in [1.82, 2.24) is 10.3 Å². The topological polar surface area (TPSA) is 97.4 Å². The van der Waals surface area contributed by atoms with Crippen LogP contribution in [-0.2, 0) is 6.54 Å². The summed E-state index contributed by atoms with van der Waals surface area (Å²) in [5, 5.41) is 5.37. The number of amides is 2. The molecule has 1 aliphatic heterocycles. The van der Waals surface area contributed by atoms with Crippen LogP contribution < -0.4 is 11.1 Å². The molecule has 0 atom stereocenters. The molecule has 1 aromatic carbocycles. The molecule has 6 nitrogen and oxygen atoms in total. The molecule has 0 radical (unpaired) electrons. The average Bonchev–Trinajstić information content (AvgIpc) is 3.11. The molecule has 2 heterocycles. The van der Waals surface area contributed by atoms with Crippen molar-refractivity contribution in [2.45, 2.75) is 13.0 Å². The number of aliphatic imine (C=N–C) groups is 1.